The van der Waals surface area contributed by atoms with Crippen molar-refractivity contribution in [3.05, 3.63) is 11.1 Å². The van der Waals surface area contributed by atoms with E-state index in [1.807, 2.05) is 24.1 Å². The van der Waals surface area contributed by atoms with E-state index in [-0.39, 0.29) is 5.97 Å². The monoisotopic (exact) mass is 314 g/mol. The molecular weight excluding hydrogens is 292 g/mol. The van der Waals surface area contributed by atoms with Crippen LogP contribution in [0.15, 0.2) is 5.38 Å². The molecule has 1 N–H and O–H groups in total. The molecule has 0 radical (unpaired) electrons. The molecule has 0 saturated carbocycles. The van der Waals surface area contributed by atoms with Crippen LogP contribution in [0.1, 0.15) is 38.8 Å². The number of hydrogen-bond donors (Lipinski definition) is 1. The van der Waals surface area contributed by atoms with Crippen molar-refractivity contribution in [1.82, 2.24) is 4.98 Å². The van der Waals surface area contributed by atoms with Gasteiger partial charge in [0.15, 0.2) is 5.13 Å². The number of hydrogen-bond acceptors (Lipinski definition) is 6. The molecule has 0 aromatic carbocycles. The second-order valence-electron chi connectivity index (χ2n) is 5.20. The molecule has 0 bridgehead atoms. The van der Waals surface area contributed by atoms with Gasteiger partial charge in [-0.15, -0.1) is 11.3 Å². The van der Waals surface area contributed by atoms with Crippen LogP contribution in [0.4, 0.5) is 5.13 Å². The average molecular weight is 314 g/mol. The van der Waals surface area contributed by atoms with Gasteiger partial charge in [0.25, 0.3) is 0 Å². The largest absolute Gasteiger partial charge is 0.466 e. The second kappa shape index (κ2) is 7.31. The summed E-state index contributed by atoms with van der Waals surface area (Å²) in [7, 11) is 0. The third-order valence-electron chi connectivity index (χ3n) is 3.36. The molecule has 1 atom stereocenters. The van der Waals surface area contributed by atoms with Crippen LogP contribution in [0.3, 0.4) is 0 Å². The normalized spacial score (nSPS) is 21.9. The minimum absolute atomic E-state index is 0.148. The molecule has 1 aromatic heterocycles. The van der Waals surface area contributed by atoms with Crippen LogP contribution in [-0.2, 0) is 16.0 Å². The SMILES string of the molecule is CCOC(=O)CCc1csc(NCC2(C)CCCS2)n1. The summed E-state index contributed by atoms with van der Waals surface area (Å²) in [6.45, 7) is 5.54. The summed E-state index contributed by atoms with van der Waals surface area (Å²) in [5.74, 6) is 1.12. The molecule has 0 amide bonds. The molecule has 2 rings (SSSR count). The van der Waals surface area contributed by atoms with Gasteiger partial charge in [0.2, 0.25) is 0 Å². The fourth-order valence-corrected chi connectivity index (χ4v) is 4.19. The van der Waals surface area contributed by atoms with Crippen LogP contribution in [0.2, 0.25) is 0 Å². The average Bonchev–Trinajstić information content (AvgIpc) is 3.04. The van der Waals surface area contributed by atoms with E-state index < -0.39 is 0 Å². The Bertz CT molecular complexity index is 442. The predicted molar refractivity (Wildman–Crippen MR) is 85.7 cm³/mol. The number of carbonyl (C=O) groups excluding carboxylic acids is 1. The van der Waals surface area contributed by atoms with E-state index >= 15 is 0 Å². The zero-order chi connectivity index (χ0) is 14.4. The summed E-state index contributed by atoms with van der Waals surface area (Å²) in [6, 6.07) is 0. The first kappa shape index (κ1) is 15.6. The van der Waals surface area contributed by atoms with Crippen LogP contribution in [0.25, 0.3) is 0 Å². The van der Waals surface area contributed by atoms with E-state index in [2.05, 4.69) is 17.2 Å². The number of aromatic nitrogens is 1. The Morgan fingerprint density at radius 3 is 3.15 bits per heavy atom. The van der Waals surface area contributed by atoms with Crippen molar-refractivity contribution in [2.75, 3.05) is 24.2 Å². The molecule has 1 unspecified atom stereocenters. The number of rotatable bonds is 7. The van der Waals surface area contributed by atoms with E-state index in [1.54, 1.807) is 11.3 Å². The summed E-state index contributed by atoms with van der Waals surface area (Å²) in [6.07, 6.45) is 3.64. The molecule has 20 heavy (non-hydrogen) atoms. The lowest BCUT2D eigenvalue weighted by molar-refractivity contribution is -0.143. The number of nitrogens with zero attached hydrogens (tertiary/aromatic N) is 1. The predicted octanol–water partition coefficient (Wildman–Crippen LogP) is 3.34. The standard InChI is InChI=1S/C14H22N2O2S2/c1-3-18-12(17)6-5-11-9-19-13(16-11)15-10-14(2)7-4-8-20-14/h9H,3-8,10H2,1-2H3,(H,15,16). The molecular formula is C14H22N2O2S2. The van der Waals surface area contributed by atoms with E-state index in [9.17, 15) is 4.79 Å². The molecule has 0 aliphatic carbocycles. The van der Waals surface area contributed by atoms with Crippen molar-refractivity contribution in [2.45, 2.75) is 44.3 Å². The molecule has 1 aromatic rings. The molecule has 112 valence electrons. The fraction of sp³-hybridized carbons (Fsp3) is 0.714. The number of anilines is 1. The first-order valence-corrected chi connectivity index (χ1v) is 8.96. The summed E-state index contributed by atoms with van der Waals surface area (Å²) >= 11 is 3.66. The maximum atomic E-state index is 11.3. The summed E-state index contributed by atoms with van der Waals surface area (Å²) < 4.78 is 5.26. The number of aryl methyl sites for hydroxylation is 1. The van der Waals surface area contributed by atoms with Crippen LogP contribution >= 0.6 is 23.1 Å². The Morgan fingerprint density at radius 2 is 2.45 bits per heavy atom. The van der Waals surface area contributed by atoms with E-state index in [0.29, 0.717) is 24.2 Å². The summed E-state index contributed by atoms with van der Waals surface area (Å²) in [5.41, 5.74) is 0.967. The van der Waals surface area contributed by atoms with Gasteiger partial charge in [0, 0.05) is 23.1 Å². The summed E-state index contributed by atoms with van der Waals surface area (Å²) in [4.78, 5) is 15.8. The number of ether oxygens (including phenoxy) is 1. The van der Waals surface area contributed by atoms with E-state index in [0.717, 1.165) is 17.4 Å². The lowest BCUT2D eigenvalue weighted by Crippen LogP contribution is -2.26. The van der Waals surface area contributed by atoms with Crippen molar-refractivity contribution in [3.8, 4) is 0 Å². The lowest BCUT2D eigenvalue weighted by atomic mass is 10.1. The topological polar surface area (TPSA) is 51.2 Å². The molecule has 1 fully saturated rings. The highest BCUT2D eigenvalue weighted by molar-refractivity contribution is 8.00. The van der Waals surface area contributed by atoms with E-state index in [4.69, 9.17) is 4.74 Å². The van der Waals surface area contributed by atoms with Gasteiger partial charge in [-0.1, -0.05) is 0 Å². The van der Waals surface area contributed by atoms with Gasteiger partial charge in [-0.2, -0.15) is 11.8 Å². The Balaban J connectivity index is 1.75. The zero-order valence-electron chi connectivity index (χ0n) is 12.1. The smallest absolute Gasteiger partial charge is 0.306 e. The third-order valence-corrected chi connectivity index (χ3v) is 5.74. The van der Waals surface area contributed by atoms with Crippen molar-refractivity contribution in [3.63, 3.8) is 0 Å². The van der Waals surface area contributed by atoms with Gasteiger partial charge in [-0.05, 0) is 32.4 Å². The number of thiazole rings is 1. The van der Waals surface area contributed by atoms with Gasteiger partial charge < -0.3 is 10.1 Å². The van der Waals surface area contributed by atoms with Gasteiger partial charge in [-0.3, -0.25) is 4.79 Å². The second-order valence-corrected chi connectivity index (χ2v) is 7.75. The first-order chi connectivity index (χ1) is 9.61. The van der Waals surface area contributed by atoms with Crippen LogP contribution < -0.4 is 5.32 Å². The van der Waals surface area contributed by atoms with Gasteiger partial charge in [-0.25, -0.2) is 4.98 Å². The number of carbonyl (C=O) groups is 1. The highest BCUT2D eigenvalue weighted by Crippen LogP contribution is 2.37. The zero-order valence-corrected chi connectivity index (χ0v) is 13.7. The first-order valence-electron chi connectivity index (χ1n) is 7.09. The van der Waals surface area contributed by atoms with Crippen molar-refractivity contribution >= 4 is 34.2 Å². The van der Waals surface area contributed by atoms with Gasteiger partial charge >= 0.3 is 5.97 Å². The van der Waals surface area contributed by atoms with Gasteiger partial charge in [0.1, 0.15) is 0 Å². The quantitative estimate of drug-likeness (QED) is 0.782. The maximum absolute atomic E-state index is 11.3. The minimum Gasteiger partial charge on any atom is -0.466 e. The highest BCUT2D eigenvalue weighted by Gasteiger charge is 2.29. The van der Waals surface area contributed by atoms with Crippen molar-refractivity contribution in [2.24, 2.45) is 0 Å². The molecule has 1 aliphatic heterocycles. The van der Waals surface area contributed by atoms with Crippen molar-refractivity contribution < 1.29 is 9.53 Å². The van der Waals surface area contributed by atoms with Crippen molar-refractivity contribution in [1.29, 1.82) is 0 Å². The number of esters is 1. The Morgan fingerprint density at radius 1 is 1.60 bits per heavy atom. The fourth-order valence-electron chi connectivity index (χ4n) is 2.21. The van der Waals surface area contributed by atoms with Gasteiger partial charge in [0.05, 0.1) is 18.7 Å². The van der Waals surface area contributed by atoms with Crippen LogP contribution in [0, 0.1) is 0 Å². The molecule has 6 heteroatoms. The molecule has 2 heterocycles. The van der Waals surface area contributed by atoms with Crippen LogP contribution in [0.5, 0.6) is 0 Å². The van der Waals surface area contributed by atoms with Crippen LogP contribution in [-0.4, -0.2) is 34.6 Å². The highest BCUT2D eigenvalue weighted by atomic mass is 32.2. The number of thioether (sulfide) groups is 1. The Kier molecular flexibility index (Phi) is 5.72. The maximum Gasteiger partial charge on any atom is 0.306 e. The number of nitrogens with one attached hydrogen (secondary N) is 1. The summed E-state index contributed by atoms with van der Waals surface area (Å²) in [5, 5.41) is 6.41. The molecule has 1 saturated heterocycles. The Labute approximate surface area is 128 Å². The third kappa shape index (κ3) is 4.66. The molecule has 1 aliphatic rings. The minimum atomic E-state index is -0.148. The Hall–Kier alpha value is -0.750. The van der Waals surface area contributed by atoms with E-state index in [1.165, 1.54) is 18.6 Å². The lowest BCUT2D eigenvalue weighted by Gasteiger charge is -2.22. The molecule has 4 nitrogen and oxygen atoms in total. The molecule has 0 spiro atoms.